The third kappa shape index (κ3) is 5.72. The van der Waals surface area contributed by atoms with Gasteiger partial charge in [0.2, 0.25) is 0 Å². The Morgan fingerprint density at radius 3 is 2.67 bits per heavy atom. The van der Waals surface area contributed by atoms with E-state index in [1.807, 2.05) is 69.3 Å². The number of hydrogen-bond acceptors (Lipinski definition) is 5. The first kappa shape index (κ1) is 22.4. The van der Waals surface area contributed by atoms with E-state index >= 15 is 0 Å². The van der Waals surface area contributed by atoms with Crippen LogP contribution in [0.15, 0.2) is 67.1 Å². The van der Waals surface area contributed by atoms with Crippen LogP contribution in [0.1, 0.15) is 37.6 Å². The predicted molar refractivity (Wildman–Crippen MR) is 128 cm³/mol. The highest BCUT2D eigenvalue weighted by Crippen LogP contribution is 2.21. The molecule has 0 radical (unpaired) electrons. The minimum atomic E-state index is -0.322. The Bertz CT molecular complexity index is 1220. The van der Waals surface area contributed by atoms with Crippen molar-refractivity contribution in [3.63, 3.8) is 0 Å². The second-order valence-electron chi connectivity index (χ2n) is 8.11. The van der Waals surface area contributed by atoms with Crippen molar-refractivity contribution >= 4 is 22.8 Å². The largest absolute Gasteiger partial charge is 0.379 e. The SMILES string of the molecule is Cc1cc(-n2ncc3cc(NC(=O)N[C@H](CCOC(C)C)c4ccccc4)ncc32)ccn1. The number of carbonyl (C=O) groups excluding carboxylic acids is 1. The number of carbonyl (C=O) groups is 1. The molecule has 3 heterocycles. The van der Waals surface area contributed by atoms with Gasteiger partial charge in [0.25, 0.3) is 0 Å². The molecule has 2 N–H and O–H groups in total. The lowest BCUT2D eigenvalue weighted by Crippen LogP contribution is -2.33. The molecule has 1 aromatic carbocycles. The molecule has 0 aliphatic rings. The van der Waals surface area contributed by atoms with Crippen LogP contribution in [0, 0.1) is 6.92 Å². The number of urea groups is 1. The van der Waals surface area contributed by atoms with Crippen LogP contribution in [0.25, 0.3) is 16.6 Å². The quantitative estimate of drug-likeness (QED) is 0.407. The summed E-state index contributed by atoms with van der Waals surface area (Å²) < 4.78 is 7.50. The number of aryl methyl sites for hydroxylation is 1. The van der Waals surface area contributed by atoms with Crippen LogP contribution in [0.5, 0.6) is 0 Å². The summed E-state index contributed by atoms with van der Waals surface area (Å²) in [4.78, 5) is 21.4. The van der Waals surface area contributed by atoms with E-state index in [0.717, 1.165) is 27.8 Å². The summed E-state index contributed by atoms with van der Waals surface area (Å²) in [7, 11) is 0. The third-order valence-electron chi connectivity index (χ3n) is 5.19. The fraction of sp³-hybridized carbons (Fsp3) is 0.280. The maximum atomic E-state index is 12.8. The van der Waals surface area contributed by atoms with E-state index in [1.165, 1.54) is 0 Å². The van der Waals surface area contributed by atoms with Crippen LogP contribution in [0.4, 0.5) is 10.6 Å². The molecule has 0 saturated heterocycles. The van der Waals surface area contributed by atoms with Crippen LogP contribution in [0.2, 0.25) is 0 Å². The van der Waals surface area contributed by atoms with Gasteiger partial charge < -0.3 is 10.1 Å². The van der Waals surface area contributed by atoms with Gasteiger partial charge in [-0.25, -0.2) is 14.5 Å². The zero-order chi connectivity index (χ0) is 23.2. The van der Waals surface area contributed by atoms with E-state index < -0.39 is 0 Å². The highest BCUT2D eigenvalue weighted by atomic mass is 16.5. The lowest BCUT2D eigenvalue weighted by molar-refractivity contribution is 0.0722. The van der Waals surface area contributed by atoms with Gasteiger partial charge in [-0.05, 0) is 51.0 Å². The maximum absolute atomic E-state index is 12.8. The third-order valence-corrected chi connectivity index (χ3v) is 5.19. The molecule has 0 aliphatic heterocycles. The second-order valence-corrected chi connectivity index (χ2v) is 8.11. The predicted octanol–water partition coefficient (Wildman–Crippen LogP) is 4.80. The average molecular weight is 445 g/mol. The van der Waals surface area contributed by atoms with Gasteiger partial charge >= 0.3 is 6.03 Å². The molecule has 0 aliphatic carbocycles. The summed E-state index contributed by atoms with van der Waals surface area (Å²) in [5.74, 6) is 0.454. The number of aromatic nitrogens is 4. The molecule has 0 fully saturated rings. The summed E-state index contributed by atoms with van der Waals surface area (Å²) in [6.07, 6.45) is 6.02. The number of anilines is 1. The number of nitrogens with zero attached hydrogens (tertiary/aromatic N) is 4. The molecule has 0 unspecified atom stereocenters. The Hall–Kier alpha value is -3.78. The fourth-order valence-corrected chi connectivity index (χ4v) is 3.60. The second kappa shape index (κ2) is 10.2. The number of ether oxygens (including phenoxy) is 1. The van der Waals surface area contributed by atoms with Gasteiger partial charge in [-0.15, -0.1) is 0 Å². The zero-order valence-electron chi connectivity index (χ0n) is 19.0. The standard InChI is InChI=1S/C25H28N6O2/c1-17(2)33-12-10-22(19-7-5-4-6-8-19)29-25(32)30-24-14-20-15-28-31(23(20)16-27-24)21-9-11-26-18(3)13-21/h4-9,11,13-17,22H,10,12H2,1-3H3,(H2,27,29,30,32)/t22-/m1/s1. The number of benzene rings is 1. The van der Waals surface area contributed by atoms with Crippen LogP contribution in [-0.4, -0.2) is 38.5 Å². The molecule has 0 bridgehead atoms. The highest BCUT2D eigenvalue weighted by molar-refractivity contribution is 5.91. The monoisotopic (exact) mass is 444 g/mol. The van der Waals surface area contributed by atoms with Gasteiger partial charge in [-0.3, -0.25) is 10.3 Å². The van der Waals surface area contributed by atoms with E-state index in [2.05, 4.69) is 25.7 Å². The van der Waals surface area contributed by atoms with E-state index in [1.54, 1.807) is 23.3 Å². The topological polar surface area (TPSA) is 94.0 Å². The molecule has 4 rings (SSSR count). The van der Waals surface area contributed by atoms with Crippen LogP contribution < -0.4 is 10.6 Å². The molecule has 3 aromatic heterocycles. The highest BCUT2D eigenvalue weighted by Gasteiger charge is 2.16. The first-order valence-electron chi connectivity index (χ1n) is 11.0. The van der Waals surface area contributed by atoms with Gasteiger partial charge in [-0.2, -0.15) is 5.10 Å². The van der Waals surface area contributed by atoms with Crippen molar-refractivity contribution in [3.8, 4) is 5.69 Å². The average Bonchev–Trinajstić information content (AvgIpc) is 3.22. The lowest BCUT2D eigenvalue weighted by atomic mass is 10.0. The minimum absolute atomic E-state index is 0.142. The van der Waals surface area contributed by atoms with E-state index in [0.29, 0.717) is 18.8 Å². The summed E-state index contributed by atoms with van der Waals surface area (Å²) in [5.41, 5.74) is 3.69. The van der Waals surface area contributed by atoms with E-state index in [4.69, 9.17) is 4.74 Å². The number of rotatable bonds is 8. The summed E-state index contributed by atoms with van der Waals surface area (Å²) in [5, 5.41) is 11.2. The smallest absolute Gasteiger partial charge is 0.320 e. The molecule has 2 amide bonds. The zero-order valence-corrected chi connectivity index (χ0v) is 19.0. The van der Waals surface area contributed by atoms with Gasteiger partial charge in [0.15, 0.2) is 0 Å². The van der Waals surface area contributed by atoms with Crippen LogP contribution >= 0.6 is 0 Å². The van der Waals surface area contributed by atoms with Gasteiger partial charge in [0, 0.05) is 23.9 Å². The Morgan fingerprint density at radius 1 is 1.09 bits per heavy atom. The maximum Gasteiger partial charge on any atom is 0.320 e. The minimum Gasteiger partial charge on any atom is -0.379 e. The van der Waals surface area contributed by atoms with Gasteiger partial charge in [-0.1, -0.05) is 30.3 Å². The number of hydrogen-bond donors (Lipinski definition) is 2. The number of fused-ring (bicyclic) bond motifs is 1. The normalized spacial score (nSPS) is 12.1. The van der Waals surface area contributed by atoms with Crippen molar-refractivity contribution in [3.05, 3.63) is 78.4 Å². The summed E-state index contributed by atoms with van der Waals surface area (Å²) in [6.45, 7) is 6.48. The number of nitrogens with one attached hydrogen (secondary N) is 2. The molecule has 33 heavy (non-hydrogen) atoms. The Labute approximate surface area is 193 Å². The van der Waals surface area contributed by atoms with E-state index in [-0.39, 0.29) is 18.2 Å². The van der Waals surface area contributed by atoms with Crippen molar-refractivity contribution in [2.75, 3.05) is 11.9 Å². The van der Waals surface area contributed by atoms with Crippen LogP contribution in [0.3, 0.4) is 0 Å². The summed E-state index contributed by atoms with van der Waals surface area (Å²) >= 11 is 0. The fourth-order valence-electron chi connectivity index (χ4n) is 3.60. The van der Waals surface area contributed by atoms with Crippen molar-refractivity contribution in [2.24, 2.45) is 0 Å². The molecule has 0 spiro atoms. The first-order valence-corrected chi connectivity index (χ1v) is 11.0. The molecule has 170 valence electrons. The molecular weight excluding hydrogens is 416 g/mol. The summed E-state index contributed by atoms with van der Waals surface area (Å²) in [6, 6.07) is 15.0. The molecule has 4 aromatic rings. The number of amides is 2. The Morgan fingerprint density at radius 2 is 1.91 bits per heavy atom. The van der Waals surface area contributed by atoms with E-state index in [9.17, 15) is 4.79 Å². The molecule has 0 saturated carbocycles. The lowest BCUT2D eigenvalue weighted by Gasteiger charge is -2.20. The van der Waals surface area contributed by atoms with Crippen LogP contribution in [-0.2, 0) is 4.74 Å². The molecule has 1 atom stereocenters. The van der Waals surface area contributed by atoms with Crippen molar-refractivity contribution in [1.82, 2.24) is 25.1 Å². The molecule has 8 nitrogen and oxygen atoms in total. The Kier molecular flexibility index (Phi) is 6.95. The Balaban J connectivity index is 1.47. The first-order chi connectivity index (χ1) is 16.0. The molecular formula is C25H28N6O2. The van der Waals surface area contributed by atoms with Crippen molar-refractivity contribution in [2.45, 2.75) is 39.3 Å². The molecule has 8 heteroatoms. The van der Waals surface area contributed by atoms with Crippen molar-refractivity contribution < 1.29 is 9.53 Å². The number of pyridine rings is 2. The van der Waals surface area contributed by atoms with Crippen molar-refractivity contribution in [1.29, 1.82) is 0 Å². The van der Waals surface area contributed by atoms with Gasteiger partial charge in [0.1, 0.15) is 5.82 Å². The van der Waals surface area contributed by atoms with Gasteiger partial charge in [0.05, 0.1) is 35.7 Å².